The van der Waals surface area contributed by atoms with Crippen LogP contribution in [0.15, 0.2) is 35.1 Å². The number of carbonyl (C=O) groups is 1. The quantitative estimate of drug-likeness (QED) is 0.923. The average molecular weight is 353 g/mol. The highest BCUT2D eigenvalue weighted by Crippen LogP contribution is 2.31. The minimum absolute atomic E-state index is 0.0553. The van der Waals surface area contributed by atoms with Gasteiger partial charge in [-0.05, 0) is 50.8 Å². The summed E-state index contributed by atoms with van der Waals surface area (Å²) in [5, 5.41) is 0.812. The number of benzene rings is 1. The van der Waals surface area contributed by atoms with Crippen molar-refractivity contribution >= 4 is 16.8 Å². The Kier molecular flexibility index (Phi) is 4.81. The Morgan fingerprint density at radius 1 is 1.19 bits per heavy atom. The molecule has 1 amide bonds. The van der Waals surface area contributed by atoms with Crippen molar-refractivity contribution in [1.82, 2.24) is 14.8 Å². The summed E-state index contributed by atoms with van der Waals surface area (Å²) in [5.74, 6) is 0.478. The molecular formula is C21H27N3O2. The van der Waals surface area contributed by atoms with Crippen molar-refractivity contribution in [2.75, 3.05) is 26.7 Å². The first-order valence-electron chi connectivity index (χ1n) is 9.75. The van der Waals surface area contributed by atoms with E-state index in [0.717, 1.165) is 11.9 Å². The van der Waals surface area contributed by atoms with E-state index in [9.17, 15) is 9.59 Å². The number of amides is 1. The summed E-state index contributed by atoms with van der Waals surface area (Å²) in [7, 11) is 1.88. The van der Waals surface area contributed by atoms with Crippen LogP contribution in [0.4, 0.5) is 0 Å². The van der Waals surface area contributed by atoms with Crippen LogP contribution in [0, 0.1) is 5.92 Å². The molecule has 1 aromatic heterocycles. The highest BCUT2D eigenvalue weighted by Gasteiger charge is 2.34. The van der Waals surface area contributed by atoms with Gasteiger partial charge in [0.2, 0.25) is 5.56 Å². The van der Waals surface area contributed by atoms with Gasteiger partial charge in [0, 0.05) is 36.6 Å². The minimum Gasteiger partial charge on any atom is -0.341 e. The first kappa shape index (κ1) is 17.3. The van der Waals surface area contributed by atoms with Gasteiger partial charge in [0.15, 0.2) is 0 Å². The summed E-state index contributed by atoms with van der Waals surface area (Å²) >= 11 is 0. The lowest BCUT2D eigenvalue weighted by Crippen LogP contribution is -2.51. The lowest BCUT2D eigenvalue weighted by molar-refractivity contribution is 0.0403. The lowest BCUT2D eigenvalue weighted by atomic mass is 9.83. The average Bonchev–Trinajstić information content (AvgIpc) is 2.67. The van der Waals surface area contributed by atoms with Crippen LogP contribution in [0.25, 0.3) is 10.9 Å². The predicted octanol–water partition coefficient (Wildman–Crippen LogP) is 2.86. The molecule has 2 aliphatic rings. The first-order valence-corrected chi connectivity index (χ1v) is 9.75. The van der Waals surface area contributed by atoms with Crippen molar-refractivity contribution in [1.29, 1.82) is 0 Å². The number of nitrogens with zero attached hydrogens (tertiary/aromatic N) is 2. The minimum atomic E-state index is -0.225. The number of carbonyl (C=O) groups excluding carboxylic acids is 1. The normalized spacial score (nSPS) is 23.6. The van der Waals surface area contributed by atoms with Crippen molar-refractivity contribution in [2.24, 2.45) is 5.92 Å². The van der Waals surface area contributed by atoms with Crippen LogP contribution in [0.2, 0.25) is 0 Å². The van der Waals surface area contributed by atoms with Crippen LogP contribution in [0.5, 0.6) is 0 Å². The van der Waals surface area contributed by atoms with Crippen LogP contribution in [-0.2, 0) is 0 Å². The Morgan fingerprint density at radius 3 is 2.88 bits per heavy atom. The molecule has 0 spiro atoms. The summed E-state index contributed by atoms with van der Waals surface area (Å²) in [4.78, 5) is 32.3. The van der Waals surface area contributed by atoms with E-state index >= 15 is 0 Å². The fourth-order valence-corrected chi connectivity index (χ4v) is 4.81. The molecule has 0 radical (unpaired) electrons. The zero-order valence-electron chi connectivity index (χ0n) is 15.4. The highest BCUT2D eigenvalue weighted by molar-refractivity contribution is 6.05. The van der Waals surface area contributed by atoms with Gasteiger partial charge in [0.1, 0.15) is 0 Å². The molecule has 2 atom stereocenters. The molecule has 2 aliphatic heterocycles. The van der Waals surface area contributed by atoms with E-state index in [1.54, 1.807) is 0 Å². The number of hydrogen-bond acceptors (Lipinski definition) is 3. The standard InChI is InChI=1S/C21H27N3O2/c1-23(14-15-7-6-12-24-11-5-4-10-19(15)24)21(26)17-13-20(25)22-18-9-3-2-8-16(17)18/h2-3,8-9,13,15,19H,4-7,10-12,14H2,1H3,(H,22,25)/t15-,19-/m1/s1. The molecule has 1 aromatic carbocycles. The lowest BCUT2D eigenvalue weighted by Gasteiger charge is -2.45. The van der Waals surface area contributed by atoms with E-state index in [4.69, 9.17) is 0 Å². The second kappa shape index (κ2) is 7.23. The largest absolute Gasteiger partial charge is 0.341 e. The smallest absolute Gasteiger partial charge is 0.254 e. The molecule has 3 heterocycles. The monoisotopic (exact) mass is 353 g/mol. The third-order valence-electron chi connectivity index (χ3n) is 6.06. The molecule has 1 N–H and O–H groups in total. The molecule has 4 rings (SSSR count). The second-order valence-corrected chi connectivity index (χ2v) is 7.78. The van der Waals surface area contributed by atoms with Gasteiger partial charge in [-0.1, -0.05) is 24.6 Å². The molecular weight excluding hydrogens is 326 g/mol. The highest BCUT2D eigenvalue weighted by atomic mass is 16.2. The van der Waals surface area contributed by atoms with Crippen molar-refractivity contribution in [3.8, 4) is 0 Å². The van der Waals surface area contributed by atoms with Gasteiger partial charge in [0.25, 0.3) is 5.91 Å². The number of hydrogen-bond donors (Lipinski definition) is 1. The Balaban J connectivity index is 1.56. The van der Waals surface area contributed by atoms with Gasteiger partial charge < -0.3 is 14.8 Å². The summed E-state index contributed by atoms with van der Waals surface area (Å²) < 4.78 is 0. The zero-order chi connectivity index (χ0) is 18.1. The Hall–Kier alpha value is -2.14. The van der Waals surface area contributed by atoms with Crippen LogP contribution in [-0.4, -0.2) is 53.4 Å². The molecule has 0 unspecified atom stereocenters. The van der Waals surface area contributed by atoms with Gasteiger partial charge in [-0.15, -0.1) is 0 Å². The number of aromatic nitrogens is 1. The maximum absolute atomic E-state index is 13.1. The number of aromatic amines is 1. The van der Waals surface area contributed by atoms with E-state index in [2.05, 4.69) is 9.88 Å². The maximum Gasteiger partial charge on any atom is 0.254 e. The van der Waals surface area contributed by atoms with E-state index in [1.165, 1.54) is 51.3 Å². The zero-order valence-corrected chi connectivity index (χ0v) is 15.4. The number of rotatable bonds is 3. The Bertz CT molecular complexity index is 858. The second-order valence-electron chi connectivity index (χ2n) is 7.78. The SMILES string of the molecule is CN(C[C@H]1CCCN2CCCC[C@H]12)C(=O)c1cc(=O)[nH]c2ccccc12. The predicted molar refractivity (Wildman–Crippen MR) is 103 cm³/mol. The van der Waals surface area contributed by atoms with Gasteiger partial charge in [-0.25, -0.2) is 0 Å². The van der Waals surface area contributed by atoms with Crippen molar-refractivity contribution in [3.05, 3.63) is 46.2 Å². The summed E-state index contributed by atoms with van der Waals surface area (Å²) in [6.07, 6.45) is 6.26. The molecule has 138 valence electrons. The number of fused-ring (bicyclic) bond motifs is 2. The fourth-order valence-electron chi connectivity index (χ4n) is 4.81. The molecule has 2 aromatic rings. The molecule has 0 bridgehead atoms. The van der Waals surface area contributed by atoms with Gasteiger partial charge >= 0.3 is 0 Å². The number of para-hydroxylation sites is 1. The molecule has 26 heavy (non-hydrogen) atoms. The Morgan fingerprint density at radius 2 is 2.00 bits per heavy atom. The van der Waals surface area contributed by atoms with E-state index < -0.39 is 0 Å². The van der Waals surface area contributed by atoms with Crippen LogP contribution >= 0.6 is 0 Å². The summed E-state index contributed by atoms with van der Waals surface area (Å²) in [6, 6.07) is 9.57. The van der Waals surface area contributed by atoms with E-state index in [-0.39, 0.29) is 11.5 Å². The molecule has 5 nitrogen and oxygen atoms in total. The van der Waals surface area contributed by atoms with Crippen molar-refractivity contribution in [2.45, 2.75) is 38.1 Å². The van der Waals surface area contributed by atoms with Gasteiger partial charge in [0.05, 0.1) is 5.56 Å². The number of pyridine rings is 1. The van der Waals surface area contributed by atoms with Crippen molar-refractivity contribution < 1.29 is 4.79 Å². The van der Waals surface area contributed by atoms with Crippen LogP contribution < -0.4 is 5.56 Å². The van der Waals surface area contributed by atoms with Crippen LogP contribution in [0.3, 0.4) is 0 Å². The summed E-state index contributed by atoms with van der Waals surface area (Å²) in [6.45, 7) is 3.18. The molecule has 2 saturated heterocycles. The number of piperidine rings is 2. The molecule has 5 heteroatoms. The molecule has 0 aliphatic carbocycles. The topological polar surface area (TPSA) is 56.4 Å². The van der Waals surface area contributed by atoms with Crippen LogP contribution in [0.1, 0.15) is 42.5 Å². The summed E-state index contributed by atoms with van der Waals surface area (Å²) in [5.41, 5.74) is 0.993. The van der Waals surface area contributed by atoms with Crippen molar-refractivity contribution in [3.63, 3.8) is 0 Å². The third-order valence-corrected chi connectivity index (χ3v) is 6.06. The van der Waals surface area contributed by atoms with E-state index in [1.807, 2.05) is 36.2 Å². The van der Waals surface area contributed by atoms with Gasteiger partial charge in [-0.3, -0.25) is 9.59 Å². The van der Waals surface area contributed by atoms with E-state index in [0.29, 0.717) is 23.0 Å². The first-order chi connectivity index (χ1) is 12.6. The molecule has 2 fully saturated rings. The Labute approximate surface area is 154 Å². The van der Waals surface area contributed by atoms with Gasteiger partial charge in [-0.2, -0.15) is 0 Å². The fraction of sp³-hybridized carbons (Fsp3) is 0.524. The molecule has 0 saturated carbocycles. The number of nitrogens with one attached hydrogen (secondary N) is 1. The maximum atomic E-state index is 13.1. The number of H-pyrrole nitrogens is 1. The third kappa shape index (κ3) is 3.28.